The Morgan fingerprint density at radius 3 is 2.88 bits per heavy atom. The van der Waals surface area contributed by atoms with Gasteiger partial charge in [0.15, 0.2) is 0 Å². The van der Waals surface area contributed by atoms with Gasteiger partial charge < -0.3 is 9.57 Å². The summed E-state index contributed by atoms with van der Waals surface area (Å²) in [6, 6.07) is 10.3. The van der Waals surface area contributed by atoms with E-state index in [-0.39, 0.29) is 12.2 Å². The molecule has 4 heteroatoms. The van der Waals surface area contributed by atoms with E-state index in [0.717, 1.165) is 17.5 Å². The Balaban J connectivity index is 1.53. The third-order valence-corrected chi connectivity index (χ3v) is 4.10. The lowest BCUT2D eigenvalue weighted by atomic mass is 10.1. The Bertz CT molecular complexity index is 421. The Morgan fingerprint density at radius 2 is 2.12 bits per heavy atom. The second kappa shape index (κ2) is 4.78. The van der Waals surface area contributed by atoms with Crippen molar-refractivity contribution < 1.29 is 9.57 Å². The Hall–Kier alpha value is -0.870. The Kier molecular flexibility index (Phi) is 3.16. The minimum absolute atomic E-state index is 0.213. The molecule has 17 heavy (non-hydrogen) atoms. The lowest BCUT2D eigenvalue weighted by molar-refractivity contribution is 0.0202. The third-order valence-electron chi connectivity index (χ3n) is 3.37. The fourth-order valence-electron chi connectivity index (χ4n) is 2.43. The fourth-order valence-corrected chi connectivity index (χ4v) is 3.00. The lowest BCUT2D eigenvalue weighted by Gasteiger charge is -2.11. The van der Waals surface area contributed by atoms with Gasteiger partial charge in [0.2, 0.25) is 0 Å². The summed E-state index contributed by atoms with van der Waals surface area (Å²) in [5.74, 6) is 0.399. The van der Waals surface area contributed by atoms with Gasteiger partial charge in [-0.3, -0.25) is 0 Å². The molecule has 2 aliphatic rings. The molecular formula is C13H14BrNO2. The Morgan fingerprint density at radius 1 is 1.29 bits per heavy atom. The van der Waals surface area contributed by atoms with Gasteiger partial charge in [-0.15, -0.1) is 0 Å². The van der Waals surface area contributed by atoms with Crippen LogP contribution in [-0.2, 0) is 16.2 Å². The van der Waals surface area contributed by atoms with Crippen molar-refractivity contribution >= 4 is 20.6 Å². The number of benzene rings is 1. The highest BCUT2D eigenvalue weighted by molar-refractivity contribution is 9.18. The van der Waals surface area contributed by atoms with Gasteiger partial charge >= 0.3 is 0 Å². The normalized spacial score (nSPS) is 30.9. The van der Waals surface area contributed by atoms with Gasteiger partial charge in [-0.2, -0.15) is 0 Å². The summed E-state index contributed by atoms with van der Waals surface area (Å²) < 4.78 is 6.86. The van der Waals surface area contributed by atoms with Crippen molar-refractivity contribution in [2.75, 3.05) is 0 Å². The number of oxime groups is 1. The predicted octanol–water partition coefficient (Wildman–Crippen LogP) is 3.09. The maximum atomic E-state index is 5.92. The second-order valence-corrected chi connectivity index (χ2v) is 5.37. The quantitative estimate of drug-likeness (QED) is 0.858. The molecule has 1 aliphatic heterocycles. The highest BCUT2D eigenvalue weighted by Gasteiger charge is 2.42. The topological polar surface area (TPSA) is 30.8 Å². The van der Waals surface area contributed by atoms with Crippen LogP contribution in [0.25, 0.3) is 0 Å². The number of rotatable bonds is 3. The molecule has 1 heterocycles. The first-order chi connectivity index (χ1) is 8.33. The SMILES string of the molecule is BrC1=NO[C@H]2C[C@@H](OCc3ccccc3)C[C@@H]12. The zero-order valence-corrected chi connectivity index (χ0v) is 11.0. The molecule has 3 rings (SSSR count). The smallest absolute Gasteiger partial charge is 0.139 e. The average molecular weight is 296 g/mol. The summed E-state index contributed by atoms with van der Waals surface area (Å²) >= 11 is 3.44. The van der Waals surface area contributed by atoms with Crippen LogP contribution in [0.1, 0.15) is 18.4 Å². The first kappa shape index (κ1) is 11.2. The molecule has 0 amide bonds. The largest absolute Gasteiger partial charge is 0.391 e. The summed E-state index contributed by atoms with van der Waals surface area (Å²) in [5, 5.41) is 3.95. The van der Waals surface area contributed by atoms with Crippen molar-refractivity contribution in [2.45, 2.75) is 31.7 Å². The van der Waals surface area contributed by atoms with Crippen LogP contribution in [0, 0.1) is 5.92 Å². The average Bonchev–Trinajstić information content (AvgIpc) is 2.91. The predicted molar refractivity (Wildman–Crippen MR) is 69.0 cm³/mol. The fraction of sp³-hybridized carbons (Fsp3) is 0.462. The molecule has 1 aromatic rings. The highest BCUT2D eigenvalue weighted by atomic mass is 79.9. The first-order valence-corrected chi connectivity index (χ1v) is 6.67. The van der Waals surface area contributed by atoms with E-state index in [2.05, 4.69) is 33.2 Å². The molecule has 0 radical (unpaired) electrons. The van der Waals surface area contributed by atoms with Crippen molar-refractivity contribution in [1.29, 1.82) is 0 Å². The number of hydrogen-bond donors (Lipinski definition) is 0. The summed E-state index contributed by atoms with van der Waals surface area (Å²) in [6.45, 7) is 0.680. The standard InChI is InChI=1S/C13H14BrNO2/c14-13-11-6-10(7-12(11)17-15-13)16-8-9-4-2-1-3-5-9/h1-5,10-12H,6-8H2/t10-,11+,12-/m0/s1. The van der Waals surface area contributed by atoms with Gasteiger partial charge in [0.05, 0.1) is 18.6 Å². The minimum atomic E-state index is 0.213. The van der Waals surface area contributed by atoms with Crippen molar-refractivity contribution in [3.63, 3.8) is 0 Å². The molecule has 1 saturated carbocycles. The van der Waals surface area contributed by atoms with Crippen LogP contribution in [0.5, 0.6) is 0 Å². The summed E-state index contributed by atoms with van der Waals surface area (Å²) in [7, 11) is 0. The molecule has 90 valence electrons. The van der Waals surface area contributed by atoms with Gasteiger partial charge in [0.1, 0.15) is 10.7 Å². The van der Waals surface area contributed by atoms with Crippen LogP contribution >= 0.6 is 15.9 Å². The molecule has 0 N–H and O–H groups in total. The second-order valence-electron chi connectivity index (χ2n) is 4.55. The molecule has 1 aromatic carbocycles. The van der Waals surface area contributed by atoms with Crippen LogP contribution in [0.3, 0.4) is 0 Å². The lowest BCUT2D eigenvalue weighted by Crippen LogP contribution is -2.12. The van der Waals surface area contributed by atoms with Gasteiger partial charge in [0.25, 0.3) is 0 Å². The highest BCUT2D eigenvalue weighted by Crippen LogP contribution is 2.37. The number of hydrogen-bond acceptors (Lipinski definition) is 3. The molecule has 0 unspecified atom stereocenters. The maximum absolute atomic E-state index is 5.92. The maximum Gasteiger partial charge on any atom is 0.139 e. The first-order valence-electron chi connectivity index (χ1n) is 5.87. The van der Waals surface area contributed by atoms with Crippen LogP contribution < -0.4 is 0 Å². The number of fused-ring (bicyclic) bond motifs is 1. The molecule has 0 spiro atoms. The molecule has 0 saturated heterocycles. The van der Waals surface area contributed by atoms with E-state index in [1.54, 1.807) is 0 Å². The van der Waals surface area contributed by atoms with Crippen molar-refractivity contribution in [2.24, 2.45) is 11.1 Å². The molecule has 1 fully saturated rings. The van der Waals surface area contributed by atoms with E-state index >= 15 is 0 Å². The van der Waals surface area contributed by atoms with E-state index in [1.165, 1.54) is 5.56 Å². The number of ether oxygens (including phenoxy) is 1. The van der Waals surface area contributed by atoms with Gasteiger partial charge in [-0.05, 0) is 27.9 Å². The summed E-state index contributed by atoms with van der Waals surface area (Å²) in [4.78, 5) is 5.33. The van der Waals surface area contributed by atoms with Gasteiger partial charge in [-0.1, -0.05) is 35.5 Å². The zero-order chi connectivity index (χ0) is 11.7. The zero-order valence-electron chi connectivity index (χ0n) is 9.38. The van der Waals surface area contributed by atoms with Crippen LogP contribution in [0.15, 0.2) is 35.5 Å². The van der Waals surface area contributed by atoms with Crippen molar-refractivity contribution in [3.8, 4) is 0 Å². The molecule has 3 atom stereocenters. The van der Waals surface area contributed by atoms with E-state index < -0.39 is 0 Å². The summed E-state index contributed by atoms with van der Waals surface area (Å²) in [5.41, 5.74) is 1.22. The van der Waals surface area contributed by atoms with E-state index in [4.69, 9.17) is 9.57 Å². The molecule has 3 nitrogen and oxygen atoms in total. The van der Waals surface area contributed by atoms with Gasteiger partial charge in [0, 0.05) is 6.42 Å². The minimum Gasteiger partial charge on any atom is -0.391 e. The monoisotopic (exact) mass is 295 g/mol. The number of nitrogens with zero attached hydrogens (tertiary/aromatic N) is 1. The van der Waals surface area contributed by atoms with E-state index in [0.29, 0.717) is 12.5 Å². The Labute approximate surface area is 109 Å². The molecular weight excluding hydrogens is 282 g/mol. The molecule has 0 bridgehead atoms. The molecule has 0 aromatic heterocycles. The van der Waals surface area contributed by atoms with E-state index in [1.807, 2.05) is 18.2 Å². The number of halogens is 1. The van der Waals surface area contributed by atoms with Gasteiger partial charge in [-0.25, -0.2) is 0 Å². The molecule has 1 aliphatic carbocycles. The summed E-state index contributed by atoms with van der Waals surface area (Å²) in [6.07, 6.45) is 2.44. The van der Waals surface area contributed by atoms with Crippen molar-refractivity contribution in [1.82, 2.24) is 0 Å². The van der Waals surface area contributed by atoms with Crippen molar-refractivity contribution in [3.05, 3.63) is 35.9 Å². The van der Waals surface area contributed by atoms with Crippen LogP contribution in [0.4, 0.5) is 0 Å². The van der Waals surface area contributed by atoms with Crippen LogP contribution in [-0.4, -0.2) is 16.8 Å². The third kappa shape index (κ3) is 2.38. The van der Waals surface area contributed by atoms with E-state index in [9.17, 15) is 0 Å². The van der Waals surface area contributed by atoms with Crippen LogP contribution in [0.2, 0.25) is 0 Å².